The predicted octanol–water partition coefficient (Wildman–Crippen LogP) is 1.93. The van der Waals surface area contributed by atoms with Gasteiger partial charge in [0.2, 0.25) is 0 Å². The molecule has 0 fully saturated rings. The molecule has 0 radical (unpaired) electrons. The van der Waals surface area contributed by atoms with Gasteiger partial charge in [0, 0.05) is 24.9 Å². The van der Waals surface area contributed by atoms with E-state index in [0.717, 1.165) is 22.7 Å². The Labute approximate surface area is 138 Å². The molecule has 0 saturated heterocycles. The summed E-state index contributed by atoms with van der Waals surface area (Å²) in [6, 6.07) is 7.88. The molecule has 0 spiro atoms. The first-order valence-electron chi connectivity index (χ1n) is 7.71. The van der Waals surface area contributed by atoms with Crippen LogP contribution in [0.5, 0.6) is 5.75 Å². The van der Waals surface area contributed by atoms with Gasteiger partial charge in [-0.05, 0) is 17.7 Å². The molecule has 24 heavy (non-hydrogen) atoms. The number of aromatic amines is 2. The molecular formula is C17H17N5O2. The van der Waals surface area contributed by atoms with E-state index >= 15 is 0 Å². The van der Waals surface area contributed by atoms with Crippen molar-refractivity contribution in [3.63, 3.8) is 0 Å². The summed E-state index contributed by atoms with van der Waals surface area (Å²) >= 11 is 0. The van der Waals surface area contributed by atoms with Gasteiger partial charge in [-0.15, -0.1) is 0 Å². The van der Waals surface area contributed by atoms with E-state index < -0.39 is 0 Å². The zero-order valence-electron chi connectivity index (χ0n) is 13.2. The number of rotatable bonds is 3. The Kier molecular flexibility index (Phi) is 3.53. The number of nitrogens with one attached hydrogen (secondary N) is 2. The lowest BCUT2D eigenvalue weighted by Crippen LogP contribution is -2.39. The number of hydrogen-bond acceptors (Lipinski definition) is 4. The number of ether oxygens (including phenoxy) is 1. The van der Waals surface area contributed by atoms with Crippen LogP contribution in [0.1, 0.15) is 33.5 Å². The number of nitrogens with zero attached hydrogens (tertiary/aromatic N) is 3. The zero-order valence-corrected chi connectivity index (χ0v) is 13.2. The maximum Gasteiger partial charge on any atom is 0.290 e. The van der Waals surface area contributed by atoms with E-state index in [-0.39, 0.29) is 11.8 Å². The molecule has 3 heterocycles. The van der Waals surface area contributed by atoms with E-state index in [2.05, 4.69) is 19.9 Å². The van der Waals surface area contributed by atoms with Crippen LogP contribution in [0, 0.1) is 0 Å². The SMILES string of the molecule is COc1cccc(C2CN(C(=O)c3ncc[nH]3)Cc3[nH]cnc32)c1. The Morgan fingerprint density at radius 2 is 2.25 bits per heavy atom. The number of imidazole rings is 2. The zero-order chi connectivity index (χ0) is 16.5. The molecule has 1 aromatic carbocycles. The number of H-pyrrole nitrogens is 2. The van der Waals surface area contributed by atoms with Crippen LogP contribution in [0.3, 0.4) is 0 Å². The summed E-state index contributed by atoms with van der Waals surface area (Å²) in [5.41, 5.74) is 3.00. The summed E-state index contributed by atoms with van der Waals surface area (Å²) in [5.74, 6) is 1.02. The average Bonchev–Trinajstić information content (AvgIpc) is 3.31. The van der Waals surface area contributed by atoms with Gasteiger partial charge in [-0.25, -0.2) is 9.97 Å². The van der Waals surface area contributed by atoms with Crippen molar-refractivity contribution in [2.24, 2.45) is 0 Å². The smallest absolute Gasteiger partial charge is 0.290 e. The number of aromatic nitrogens is 4. The van der Waals surface area contributed by atoms with Crippen LogP contribution >= 0.6 is 0 Å². The molecule has 2 N–H and O–H groups in total. The number of fused-ring (bicyclic) bond motifs is 1. The van der Waals surface area contributed by atoms with E-state index in [4.69, 9.17) is 4.74 Å². The van der Waals surface area contributed by atoms with Crippen molar-refractivity contribution in [3.05, 3.63) is 65.8 Å². The third-order valence-electron chi connectivity index (χ3n) is 4.32. The summed E-state index contributed by atoms with van der Waals surface area (Å²) in [5, 5.41) is 0. The second-order valence-corrected chi connectivity index (χ2v) is 5.72. The average molecular weight is 323 g/mol. The molecule has 122 valence electrons. The fourth-order valence-electron chi connectivity index (χ4n) is 3.13. The number of carbonyl (C=O) groups is 1. The van der Waals surface area contributed by atoms with Gasteiger partial charge >= 0.3 is 0 Å². The second kappa shape index (κ2) is 5.84. The lowest BCUT2D eigenvalue weighted by molar-refractivity contribution is 0.0710. The molecule has 1 atom stereocenters. The maximum absolute atomic E-state index is 12.7. The van der Waals surface area contributed by atoms with Crippen molar-refractivity contribution in [3.8, 4) is 5.75 Å². The molecule has 0 bridgehead atoms. The Morgan fingerprint density at radius 1 is 1.33 bits per heavy atom. The fraction of sp³-hybridized carbons (Fsp3) is 0.235. The second-order valence-electron chi connectivity index (χ2n) is 5.72. The van der Waals surface area contributed by atoms with Crippen molar-refractivity contribution < 1.29 is 9.53 Å². The summed E-state index contributed by atoms with van der Waals surface area (Å²) in [6.07, 6.45) is 4.91. The molecule has 1 unspecified atom stereocenters. The third kappa shape index (κ3) is 2.44. The minimum Gasteiger partial charge on any atom is -0.497 e. The molecular weight excluding hydrogens is 306 g/mol. The van der Waals surface area contributed by atoms with Crippen LogP contribution in [0.4, 0.5) is 0 Å². The molecule has 4 rings (SSSR count). The van der Waals surface area contributed by atoms with Crippen LogP contribution in [0.25, 0.3) is 0 Å². The van der Waals surface area contributed by atoms with E-state index in [0.29, 0.717) is 18.9 Å². The molecule has 1 amide bonds. The van der Waals surface area contributed by atoms with Gasteiger partial charge in [-0.3, -0.25) is 4.79 Å². The highest BCUT2D eigenvalue weighted by Gasteiger charge is 2.32. The van der Waals surface area contributed by atoms with E-state index in [1.807, 2.05) is 24.3 Å². The summed E-state index contributed by atoms with van der Waals surface area (Å²) < 4.78 is 5.32. The van der Waals surface area contributed by atoms with Crippen LogP contribution < -0.4 is 4.74 Å². The highest BCUT2D eigenvalue weighted by molar-refractivity contribution is 5.90. The summed E-state index contributed by atoms with van der Waals surface area (Å²) in [7, 11) is 1.65. The molecule has 7 heteroatoms. The highest BCUT2D eigenvalue weighted by atomic mass is 16.5. The van der Waals surface area contributed by atoms with Crippen molar-refractivity contribution in [2.45, 2.75) is 12.5 Å². The minimum absolute atomic E-state index is 0.00554. The Balaban J connectivity index is 1.70. The number of methoxy groups -OCH3 is 1. The van der Waals surface area contributed by atoms with Gasteiger partial charge in [-0.1, -0.05) is 12.1 Å². The van der Waals surface area contributed by atoms with E-state index in [1.54, 1.807) is 30.7 Å². The van der Waals surface area contributed by atoms with Crippen molar-refractivity contribution in [2.75, 3.05) is 13.7 Å². The summed E-state index contributed by atoms with van der Waals surface area (Å²) in [4.78, 5) is 29.0. The van der Waals surface area contributed by atoms with Crippen LogP contribution in [-0.2, 0) is 6.54 Å². The number of benzene rings is 1. The molecule has 0 aliphatic carbocycles. The lowest BCUT2D eigenvalue weighted by atomic mass is 9.90. The predicted molar refractivity (Wildman–Crippen MR) is 86.8 cm³/mol. The Morgan fingerprint density at radius 3 is 3.04 bits per heavy atom. The van der Waals surface area contributed by atoms with Crippen molar-refractivity contribution in [1.82, 2.24) is 24.8 Å². The van der Waals surface area contributed by atoms with Crippen molar-refractivity contribution >= 4 is 5.91 Å². The molecule has 3 aromatic rings. The van der Waals surface area contributed by atoms with E-state index in [1.165, 1.54) is 0 Å². The molecule has 1 aliphatic rings. The molecule has 0 saturated carbocycles. The Bertz CT molecular complexity index is 856. The maximum atomic E-state index is 12.7. The summed E-state index contributed by atoms with van der Waals surface area (Å²) in [6.45, 7) is 1.04. The normalized spacial score (nSPS) is 16.7. The van der Waals surface area contributed by atoms with Gasteiger partial charge in [0.1, 0.15) is 5.75 Å². The topological polar surface area (TPSA) is 86.9 Å². The van der Waals surface area contributed by atoms with Gasteiger partial charge in [-0.2, -0.15) is 0 Å². The first kappa shape index (κ1) is 14.5. The van der Waals surface area contributed by atoms with Crippen LogP contribution in [0.2, 0.25) is 0 Å². The molecule has 2 aromatic heterocycles. The molecule has 7 nitrogen and oxygen atoms in total. The first-order chi connectivity index (χ1) is 11.8. The van der Waals surface area contributed by atoms with Crippen LogP contribution in [0.15, 0.2) is 43.0 Å². The van der Waals surface area contributed by atoms with Gasteiger partial charge in [0.05, 0.1) is 31.4 Å². The minimum atomic E-state index is -0.117. The van der Waals surface area contributed by atoms with Gasteiger partial charge < -0.3 is 19.6 Å². The van der Waals surface area contributed by atoms with Gasteiger partial charge in [0.15, 0.2) is 5.82 Å². The highest BCUT2D eigenvalue weighted by Crippen LogP contribution is 2.33. The third-order valence-corrected chi connectivity index (χ3v) is 4.32. The monoisotopic (exact) mass is 323 g/mol. The number of carbonyl (C=O) groups excluding carboxylic acids is 1. The van der Waals surface area contributed by atoms with Crippen LogP contribution in [-0.4, -0.2) is 44.4 Å². The fourth-order valence-corrected chi connectivity index (χ4v) is 3.13. The number of hydrogen-bond donors (Lipinski definition) is 2. The molecule has 1 aliphatic heterocycles. The number of amides is 1. The van der Waals surface area contributed by atoms with Crippen molar-refractivity contribution in [1.29, 1.82) is 0 Å². The lowest BCUT2D eigenvalue weighted by Gasteiger charge is -2.31. The van der Waals surface area contributed by atoms with E-state index in [9.17, 15) is 4.79 Å². The quantitative estimate of drug-likeness (QED) is 0.771. The van der Waals surface area contributed by atoms with Gasteiger partial charge in [0.25, 0.3) is 5.91 Å². The Hall–Kier alpha value is -3.09. The first-order valence-corrected chi connectivity index (χ1v) is 7.71. The largest absolute Gasteiger partial charge is 0.497 e. The standard InChI is InChI=1S/C17H17N5O2/c1-24-12-4-2-3-11(7-12)13-8-22(9-14-15(13)21-10-20-14)17(23)16-18-5-6-19-16/h2-7,10,13H,8-9H2,1H3,(H,18,19)(H,20,21).